The van der Waals surface area contributed by atoms with Gasteiger partial charge in [0.25, 0.3) is 0 Å². The number of rotatable bonds is 7. The molecule has 7 nitrogen and oxygen atoms in total. The largest absolute Gasteiger partial charge is 0.497 e. The molecule has 7 heteroatoms. The van der Waals surface area contributed by atoms with Gasteiger partial charge in [0.05, 0.1) is 19.0 Å². The number of hydrogen-bond acceptors (Lipinski definition) is 4. The summed E-state index contributed by atoms with van der Waals surface area (Å²) in [5.41, 5.74) is 3.91. The summed E-state index contributed by atoms with van der Waals surface area (Å²) >= 11 is 0. The maximum absolute atomic E-state index is 12.0. The molecule has 2 aromatic heterocycles. The summed E-state index contributed by atoms with van der Waals surface area (Å²) in [6, 6.07) is 11.5. The van der Waals surface area contributed by atoms with Crippen molar-refractivity contribution >= 4 is 6.03 Å². The molecule has 0 atom stereocenters. The standard InChI is InChI=1S/C20H23N5O2/c1-25-14-17(13-24-25)19-11-16(8-9-21-19)12-23-20(26)22-10-7-15-3-5-18(27-2)6-4-15/h3-6,8-9,11,13-14H,7,10,12H2,1-2H3,(H2,22,23,26). The van der Waals surface area contributed by atoms with Crippen LogP contribution < -0.4 is 15.4 Å². The predicted octanol–water partition coefficient (Wildman–Crippen LogP) is 2.53. The molecule has 1 aromatic carbocycles. The Kier molecular flexibility index (Phi) is 6.04. The van der Waals surface area contributed by atoms with Crippen LogP contribution in [0.1, 0.15) is 11.1 Å². The summed E-state index contributed by atoms with van der Waals surface area (Å²) in [4.78, 5) is 16.3. The van der Waals surface area contributed by atoms with Crippen LogP contribution in [0.4, 0.5) is 4.79 Å². The zero-order valence-corrected chi connectivity index (χ0v) is 15.5. The second-order valence-corrected chi connectivity index (χ2v) is 6.16. The molecule has 0 spiro atoms. The van der Waals surface area contributed by atoms with Crippen molar-refractivity contribution in [3.63, 3.8) is 0 Å². The lowest BCUT2D eigenvalue weighted by Gasteiger charge is -2.09. The van der Waals surface area contributed by atoms with Gasteiger partial charge in [-0.1, -0.05) is 12.1 Å². The quantitative estimate of drug-likeness (QED) is 0.674. The summed E-state index contributed by atoms with van der Waals surface area (Å²) in [5, 5.41) is 9.89. The summed E-state index contributed by atoms with van der Waals surface area (Å²) in [6.45, 7) is 1.000. The molecule has 2 N–H and O–H groups in total. The molecule has 2 heterocycles. The first-order valence-corrected chi connectivity index (χ1v) is 8.72. The zero-order chi connectivity index (χ0) is 19.1. The topological polar surface area (TPSA) is 81.1 Å². The van der Waals surface area contributed by atoms with E-state index in [9.17, 15) is 4.79 Å². The molecule has 0 unspecified atom stereocenters. The fourth-order valence-electron chi connectivity index (χ4n) is 2.65. The van der Waals surface area contributed by atoms with Crippen molar-refractivity contribution in [1.82, 2.24) is 25.4 Å². The summed E-state index contributed by atoms with van der Waals surface area (Å²) in [5.74, 6) is 0.826. The van der Waals surface area contributed by atoms with Gasteiger partial charge in [0, 0.05) is 38.1 Å². The number of hydrogen-bond donors (Lipinski definition) is 2. The predicted molar refractivity (Wildman–Crippen MR) is 103 cm³/mol. The molecule has 0 aliphatic carbocycles. The molecule has 0 saturated carbocycles. The van der Waals surface area contributed by atoms with Gasteiger partial charge in [-0.05, 0) is 41.8 Å². The molecule has 0 fully saturated rings. The van der Waals surface area contributed by atoms with Gasteiger partial charge in [-0.2, -0.15) is 5.10 Å². The molecule has 0 bridgehead atoms. The van der Waals surface area contributed by atoms with Crippen LogP contribution in [-0.4, -0.2) is 34.5 Å². The fourth-order valence-corrected chi connectivity index (χ4v) is 2.65. The van der Waals surface area contributed by atoms with E-state index < -0.39 is 0 Å². The van der Waals surface area contributed by atoms with Crippen molar-refractivity contribution in [3.8, 4) is 17.0 Å². The van der Waals surface area contributed by atoms with E-state index >= 15 is 0 Å². The van der Waals surface area contributed by atoms with Gasteiger partial charge in [-0.25, -0.2) is 4.79 Å². The highest BCUT2D eigenvalue weighted by Gasteiger charge is 2.05. The fraction of sp³-hybridized carbons (Fsp3) is 0.250. The van der Waals surface area contributed by atoms with E-state index in [1.807, 2.05) is 49.6 Å². The average molecular weight is 365 g/mol. The Hall–Kier alpha value is -3.35. The monoisotopic (exact) mass is 365 g/mol. The summed E-state index contributed by atoms with van der Waals surface area (Å²) in [7, 11) is 3.51. The van der Waals surface area contributed by atoms with E-state index in [2.05, 4.69) is 20.7 Å². The highest BCUT2D eigenvalue weighted by molar-refractivity contribution is 5.73. The van der Waals surface area contributed by atoms with Crippen molar-refractivity contribution in [3.05, 3.63) is 66.1 Å². The SMILES string of the molecule is COc1ccc(CCNC(=O)NCc2ccnc(-c3cnn(C)c3)c2)cc1. The van der Waals surface area contributed by atoms with Crippen LogP contribution in [0.3, 0.4) is 0 Å². The Morgan fingerprint density at radius 1 is 1.15 bits per heavy atom. The van der Waals surface area contributed by atoms with E-state index in [4.69, 9.17) is 4.74 Å². The van der Waals surface area contributed by atoms with Crippen LogP contribution in [-0.2, 0) is 20.0 Å². The number of aromatic nitrogens is 3. The molecule has 140 valence electrons. The van der Waals surface area contributed by atoms with Crippen LogP contribution in [0.5, 0.6) is 5.75 Å². The smallest absolute Gasteiger partial charge is 0.315 e. The lowest BCUT2D eigenvalue weighted by molar-refractivity contribution is 0.240. The lowest BCUT2D eigenvalue weighted by Crippen LogP contribution is -2.36. The first-order chi connectivity index (χ1) is 13.1. The Balaban J connectivity index is 1.45. The van der Waals surface area contributed by atoms with E-state index in [0.717, 1.165) is 34.6 Å². The van der Waals surface area contributed by atoms with Gasteiger partial charge in [-0.15, -0.1) is 0 Å². The van der Waals surface area contributed by atoms with Crippen LogP contribution >= 0.6 is 0 Å². The Morgan fingerprint density at radius 2 is 1.96 bits per heavy atom. The average Bonchev–Trinajstić information content (AvgIpc) is 3.13. The molecule has 0 aliphatic heterocycles. The maximum atomic E-state index is 12.0. The molecule has 0 radical (unpaired) electrons. The third kappa shape index (κ3) is 5.31. The highest BCUT2D eigenvalue weighted by atomic mass is 16.5. The normalized spacial score (nSPS) is 10.4. The maximum Gasteiger partial charge on any atom is 0.315 e. The van der Waals surface area contributed by atoms with Crippen LogP contribution in [0, 0.1) is 0 Å². The number of nitrogens with one attached hydrogen (secondary N) is 2. The van der Waals surface area contributed by atoms with E-state index in [1.165, 1.54) is 0 Å². The Morgan fingerprint density at radius 3 is 2.67 bits per heavy atom. The third-order valence-corrected chi connectivity index (χ3v) is 4.14. The molecule has 3 rings (SSSR count). The van der Waals surface area contributed by atoms with E-state index in [1.54, 1.807) is 24.2 Å². The number of nitrogens with zero attached hydrogens (tertiary/aromatic N) is 3. The van der Waals surface area contributed by atoms with Crippen molar-refractivity contribution in [2.45, 2.75) is 13.0 Å². The van der Waals surface area contributed by atoms with Gasteiger partial charge in [-0.3, -0.25) is 9.67 Å². The second kappa shape index (κ2) is 8.84. The summed E-state index contributed by atoms with van der Waals surface area (Å²) < 4.78 is 6.87. The minimum absolute atomic E-state index is 0.191. The van der Waals surface area contributed by atoms with Gasteiger partial charge in [0.2, 0.25) is 0 Å². The number of benzene rings is 1. The molecular formula is C20H23N5O2. The van der Waals surface area contributed by atoms with Crippen molar-refractivity contribution in [1.29, 1.82) is 0 Å². The molecule has 0 aliphatic rings. The number of aryl methyl sites for hydroxylation is 1. The van der Waals surface area contributed by atoms with Crippen LogP contribution in [0.15, 0.2) is 55.0 Å². The van der Waals surface area contributed by atoms with Crippen molar-refractivity contribution < 1.29 is 9.53 Å². The molecular weight excluding hydrogens is 342 g/mol. The highest BCUT2D eigenvalue weighted by Crippen LogP contribution is 2.16. The second-order valence-electron chi connectivity index (χ2n) is 6.16. The molecule has 27 heavy (non-hydrogen) atoms. The van der Waals surface area contributed by atoms with Crippen LogP contribution in [0.2, 0.25) is 0 Å². The van der Waals surface area contributed by atoms with Gasteiger partial charge >= 0.3 is 6.03 Å². The third-order valence-electron chi connectivity index (χ3n) is 4.14. The molecule has 3 aromatic rings. The zero-order valence-electron chi connectivity index (χ0n) is 15.5. The van der Waals surface area contributed by atoms with E-state index in [-0.39, 0.29) is 6.03 Å². The Bertz CT molecular complexity index is 889. The minimum atomic E-state index is -0.191. The lowest BCUT2D eigenvalue weighted by atomic mass is 10.1. The molecule has 2 amide bonds. The van der Waals surface area contributed by atoms with Gasteiger partial charge in [0.15, 0.2) is 0 Å². The van der Waals surface area contributed by atoms with E-state index in [0.29, 0.717) is 13.1 Å². The number of pyridine rings is 1. The molecule has 0 saturated heterocycles. The minimum Gasteiger partial charge on any atom is -0.497 e. The number of carbonyl (C=O) groups is 1. The summed E-state index contributed by atoms with van der Waals surface area (Å²) in [6.07, 6.45) is 6.18. The van der Waals surface area contributed by atoms with Crippen molar-refractivity contribution in [2.24, 2.45) is 7.05 Å². The Labute approximate surface area is 158 Å². The number of urea groups is 1. The van der Waals surface area contributed by atoms with Crippen molar-refractivity contribution in [2.75, 3.05) is 13.7 Å². The first kappa shape index (κ1) is 18.4. The first-order valence-electron chi connectivity index (χ1n) is 8.72. The van der Waals surface area contributed by atoms with Crippen LogP contribution in [0.25, 0.3) is 11.3 Å². The van der Waals surface area contributed by atoms with Gasteiger partial charge in [0.1, 0.15) is 5.75 Å². The number of amides is 2. The van der Waals surface area contributed by atoms with Gasteiger partial charge < -0.3 is 15.4 Å². The number of methoxy groups -OCH3 is 1. The number of carbonyl (C=O) groups excluding carboxylic acids is 1. The number of ether oxygens (including phenoxy) is 1.